The van der Waals surface area contributed by atoms with Crippen molar-refractivity contribution in [2.24, 2.45) is 11.7 Å². The highest BCUT2D eigenvalue weighted by Crippen LogP contribution is 2.42. The summed E-state index contributed by atoms with van der Waals surface area (Å²) in [5, 5.41) is 0. The van der Waals surface area contributed by atoms with E-state index < -0.39 is 3.23 Å². The summed E-state index contributed by atoms with van der Waals surface area (Å²) in [5.41, 5.74) is 6.11. The molecule has 0 amide bonds. The first kappa shape index (κ1) is 9.26. The molecule has 1 aliphatic rings. The van der Waals surface area contributed by atoms with Gasteiger partial charge in [0.1, 0.15) is 9.06 Å². The minimum Gasteiger partial charge on any atom is -0.402 e. The van der Waals surface area contributed by atoms with Gasteiger partial charge in [0, 0.05) is 11.6 Å². The molecule has 0 spiro atoms. The van der Waals surface area contributed by atoms with E-state index in [0.717, 1.165) is 0 Å². The lowest BCUT2D eigenvalue weighted by molar-refractivity contribution is 0.600. The third kappa shape index (κ3) is 1.85. The standard InChI is InChI=1S/C7H8Br2FN/c1-4-6(11)2-5(10)3-7(4,8)9/h2-4H,11H2,1H3. The van der Waals surface area contributed by atoms with Gasteiger partial charge < -0.3 is 5.73 Å². The average molecular weight is 285 g/mol. The molecule has 62 valence electrons. The van der Waals surface area contributed by atoms with Crippen molar-refractivity contribution >= 4 is 31.9 Å². The summed E-state index contributed by atoms with van der Waals surface area (Å²) in [6, 6.07) is 0. The first-order valence-corrected chi connectivity index (χ1v) is 4.75. The van der Waals surface area contributed by atoms with E-state index in [1.807, 2.05) is 6.92 Å². The van der Waals surface area contributed by atoms with Crippen molar-refractivity contribution in [1.82, 2.24) is 0 Å². The van der Waals surface area contributed by atoms with Crippen LogP contribution in [-0.2, 0) is 0 Å². The Balaban J connectivity index is 3.01. The molecule has 2 N–H and O–H groups in total. The molecule has 1 unspecified atom stereocenters. The van der Waals surface area contributed by atoms with Crippen LogP contribution in [0.25, 0.3) is 0 Å². The molecule has 0 heterocycles. The maximum Gasteiger partial charge on any atom is 0.123 e. The zero-order chi connectivity index (χ0) is 8.65. The Morgan fingerprint density at radius 1 is 1.64 bits per heavy atom. The topological polar surface area (TPSA) is 26.0 Å². The molecule has 0 fully saturated rings. The second kappa shape index (κ2) is 2.90. The Kier molecular flexibility index (Phi) is 2.44. The molecule has 0 aromatic carbocycles. The maximum absolute atomic E-state index is 12.7. The van der Waals surface area contributed by atoms with Crippen LogP contribution in [0, 0.1) is 5.92 Å². The molecule has 0 aliphatic heterocycles. The van der Waals surface area contributed by atoms with E-state index in [2.05, 4.69) is 31.9 Å². The van der Waals surface area contributed by atoms with Crippen LogP contribution < -0.4 is 5.73 Å². The predicted octanol–water partition coefficient (Wildman–Crippen LogP) is 2.82. The first-order chi connectivity index (χ1) is 4.93. The lowest BCUT2D eigenvalue weighted by Crippen LogP contribution is -2.27. The number of hydrogen-bond donors (Lipinski definition) is 1. The van der Waals surface area contributed by atoms with Gasteiger partial charge in [0.2, 0.25) is 0 Å². The van der Waals surface area contributed by atoms with Gasteiger partial charge in [-0.15, -0.1) is 0 Å². The Morgan fingerprint density at radius 3 is 2.64 bits per heavy atom. The highest BCUT2D eigenvalue weighted by molar-refractivity contribution is 9.25. The van der Waals surface area contributed by atoms with Crippen LogP contribution in [0.3, 0.4) is 0 Å². The molecule has 1 aliphatic carbocycles. The molecule has 0 radical (unpaired) electrons. The molecule has 0 saturated carbocycles. The summed E-state index contributed by atoms with van der Waals surface area (Å²) in [6.07, 6.45) is 2.79. The Morgan fingerprint density at radius 2 is 2.18 bits per heavy atom. The smallest absolute Gasteiger partial charge is 0.123 e. The normalized spacial score (nSPS) is 29.3. The number of hydrogen-bond acceptors (Lipinski definition) is 1. The SMILES string of the molecule is CC1C(N)=CC(F)=CC1(Br)Br. The van der Waals surface area contributed by atoms with Crippen molar-refractivity contribution in [2.75, 3.05) is 0 Å². The predicted molar refractivity (Wildman–Crippen MR) is 51.2 cm³/mol. The monoisotopic (exact) mass is 283 g/mol. The lowest BCUT2D eigenvalue weighted by atomic mass is 9.99. The fourth-order valence-corrected chi connectivity index (χ4v) is 1.82. The fourth-order valence-electron chi connectivity index (χ4n) is 0.857. The minimum atomic E-state index is -0.525. The van der Waals surface area contributed by atoms with Gasteiger partial charge >= 0.3 is 0 Å². The highest BCUT2D eigenvalue weighted by atomic mass is 79.9. The Hall–Kier alpha value is 0.170. The molecule has 11 heavy (non-hydrogen) atoms. The minimum absolute atomic E-state index is 0.0574. The molecule has 1 nitrogen and oxygen atoms in total. The van der Waals surface area contributed by atoms with Crippen molar-refractivity contribution in [3.05, 3.63) is 23.7 Å². The molecule has 0 aromatic rings. The molecule has 4 heteroatoms. The summed E-state index contributed by atoms with van der Waals surface area (Å²) in [5.74, 6) is -0.253. The van der Waals surface area contributed by atoms with E-state index in [9.17, 15) is 4.39 Å². The van der Waals surface area contributed by atoms with Crippen molar-refractivity contribution in [2.45, 2.75) is 10.2 Å². The van der Waals surface area contributed by atoms with Crippen LogP contribution in [0.15, 0.2) is 23.7 Å². The van der Waals surface area contributed by atoms with Gasteiger partial charge in [-0.05, 0) is 12.2 Å². The van der Waals surface area contributed by atoms with Crippen LogP contribution in [0.2, 0.25) is 0 Å². The van der Waals surface area contributed by atoms with Crippen molar-refractivity contribution in [3.63, 3.8) is 0 Å². The van der Waals surface area contributed by atoms with Gasteiger partial charge in [-0.25, -0.2) is 4.39 Å². The van der Waals surface area contributed by atoms with E-state index >= 15 is 0 Å². The van der Waals surface area contributed by atoms with Crippen LogP contribution in [0.1, 0.15) is 6.92 Å². The molecule has 1 rings (SSSR count). The van der Waals surface area contributed by atoms with Gasteiger partial charge in [-0.3, -0.25) is 0 Å². The summed E-state index contributed by atoms with van der Waals surface area (Å²) >= 11 is 6.64. The van der Waals surface area contributed by atoms with Gasteiger partial charge in [-0.2, -0.15) is 0 Å². The van der Waals surface area contributed by atoms with Crippen molar-refractivity contribution < 1.29 is 4.39 Å². The number of rotatable bonds is 0. The zero-order valence-electron chi connectivity index (χ0n) is 5.94. The molecule has 1 atom stereocenters. The molecular weight excluding hydrogens is 277 g/mol. The van der Waals surface area contributed by atoms with E-state index in [4.69, 9.17) is 5.73 Å². The molecule has 0 saturated heterocycles. The third-order valence-electron chi connectivity index (χ3n) is 1.71. The molecule has 0 bridgehead atoms. The van der Waals surface area contributed by atoms with Crippen LogP contribution in [0.5, 0.6) is 0 Å². The number of allylic oxidation sites excluding steroid dienone is 4. The molecule has 0 aromatic heterocycles. The fraction of sp³-hybridized carbons (Fsp3) is 0.429. The second-order valence-corrected chi connectivity index (χ2v) is 6.26. The van der Waals surface area contributed by atoms with Gasteiger partial charge in [0.05, 0.1) is 0 Å². The quantitative estimate of drug-likeness (QED) is 0.680. The first-order valence-electron chi connectivity index (χ1n) is 3.17. The van der Waals surface area contributed by atoms with Gasteiger partial charge in [0.25, 0.3) is 0 Å². The van der Waals surface area contributed by atoms with E-state index in [-0.39, 0.29) is 11.7 Å². The summed E-state index contributed by atoms with van der Waals surface area (Å²) < 4.78 is 12.2. The van der Waals surface area contributed by atoms with Crippen molar-refractivity contribution in [3.8, 4) is 0 Å². The lowest BCUT2D eigenvalue weighted by Gasteiger charge is -2.27. The number of halogens is 3. The van der Waals surface area contributed by atoms with Crippen molar-refractivity contribution in [1.29, 1.82) is 0 Å². The van der Waals surface area contributed by atoms with E-state index in [0.29, 0.717) is 5.70 Å². The van der Waals surface area contributed by atoms with Crippen LogP contribution in [0.4, 0.5) is 4.39 Å². The largest absolute Gasteiger partial charge is 0.402 e. The number of alkyl halides is 2. The molecular formula is C7H8Br2FN. The average Bonchev–Trinajstić information content (AvgIpc) is 1.81. The zero-order valence-corrected chi connectivity index (χ0v) is 9.12. The highest BCUT2D eigenvalue weighted by Gasteiger charge is 2.33. The van der Waals surface area contributed by atoms with Crippen LogP contribution in [-0.4, -0.2) is 3.23 Å². The third-order valence-corrected chi connectivity index (χ3v) is 3.54. The summed E-state index contributed by atoms with van der Waals surface area (Å²) in [6.45, 7) is 1.91. The summed E-state index contributed by atoms with van der Waals surface area (Å²) in [7, 11) is 0. The van der Waals surface area contributed by atoms with Crippen LogP contribution >= 0.6 is 31.9 Å². The van der Waals surface area contributed by atoms with Gasteiger partial charge in [-0.1, -0.05) is 38.8 Å². The Bertz CT molecular complexity index is 233. The number of nitrogens with two attached hydrogens (primary N) is 1. The second-order valence-electron chi connectivity index (χ2n) is 2.57. The van der Waals surface area contributed by atoms with Gasteiger partial charge in [0.15, 0.2) is 0 Å². The van der Waals surface area contributed by atoms with E-state index in [1.165, 1.54) is 12.2 Å². The van der Waals surface area contributed by atoms with E-state index in [1.54, 1.807) is 0 Å². The Labute approximate surface area is 81.8 Å². The summed E-state index contributed by atoms with van der Waals surface area (Å²) in [4.78, 5) is 0. The maximum atomic E-state index is 12.7.